The quantitative estimate of drug-likeness (QED) is 0.378. The Bertz CT molecular complexity index is 97.2. The zero-order chi connectivity index (χ0) is 6.10. The summed E-state index contributed by atoms with van der Waals surface area (Å²) in [5.74, 6) is 0. The van der Waals surface area contributed by atoms with E-state index in [1.165, 1.54) is 25.8 Å². The van der Waals surface area contributed by atoms with Crippen molar-refractivity contribution in [1.29, 1.82) is 0 Å². The van der Waals surface area contributed by atoms with Crippen LogP contribution >= 0.6 is 12.2 Å². The second-order valence-corrected chi connectivity index (χ2v) is 3.50. The molecule has 2 rings (SSSR count). The first-order valence-electron chi connectivity index (χ1n) is 3.53. The molecule has 0 spiro atoms. The molecule has 3 heteroatoms. The number of rotatable bonds is 0. The van der Waals surface area contributed by atoms with E-state index < -0.39 is 0 Å². The van der Waals surface area contributed by atoms with Gasteiger partial charge in [-0.3, -0.25) is 4.18 Å². The maximum Gasteiger partial charge on any atom is 0.0823 e. The SMILES string of the molecule is C1CCN2SOC[C@@H]2C1. The summed E-state index contributed by atoms with van der Waals surface area (Å²) >= 11 is 1.56. The van der Waals surface area contributed by atoms with Gasteiger partial charge in [-0.1, -0.05) is 6.42 Å². The van der Waals surface area contributed by atoms with E-state index in [9.17, 15) is 0 Å². The molecule has 52 valence electrons. The van der Waals surface area contributed by atoms with Crippen LogP contribution in [0.4, 0.5) is 0 Å². The van der Waals surface area contributed by atoms with E-state index in [2.05, 4.69) is 4.31 Å². The second kappa shape index (κ2) is 2.48. The summed E-state index contributed by atoms with van der Waals surface area (Å²) in [6.07, 6.45) is 4.09. The van der Waals surface area contributed by atoms with Crippen molar-refractivity contribution in [1.82, 2.24) is 4.31 Å². The van der Waals surface area contributed by atoms with Crippen LogP contribution in [0.15, 0.2) is 0 Å². The Kier molecular flexibility index (Phi) is 1.66. The molecule has 2 heterocycles. The first-order valence-corrected chi connectivity index (χ1v) is 4.23. The van der Waals surface area contributed by atoms with Gasteiger partial charge in [-0.05, 0) is 12.8 Å². The average molecular weight is 145 g/mol. The van der Waals surface area contributed by atoms with Crippen LogP contribution in [0, 0.1) is 0 Å². The largest absolute Gasteiger partial charge is 0.299 e. The van der Waals surface area contributed by atoms with Crippen molar-refractivity contribution in [3.8, 4) is 0 Å². The average Bonchev–Trinajstić information content (AvgIpc) is 2.33. The summed E-state index contributed by atoms with van der Waals surface area (Å²) < 4.78 is 7.60. The Morgan fingerprint density at radius 1 is 1.44 bits per heavy atom. The minimum absolute atomic E-state index is 0.740. The summed E-state index contributed by atoms with van der Waals surface area (Å²) in [6.45, 7) is 2.18. The molecule has 9 heavy (non-hydrogen) atoms. The lowest BCUT2D eigenvalue weighted by Gasteiger charge is -2.24. The molecule has 0 aromatic heterocycles. The highest BCUT2D eigenvalue weighted by atomic mass is 32.2. The number of piperidine rings is 1. The predicted molar refractivity (Wildman–Crippen MR) is 37.9 cm³/mol. The minimum atomic E-state index is 0.740. The molecular weight excluding hydrogens is 134 g/mol. The molecule has 0 aromatic rings. The van der Waals surface area contributed by atoms with Crippen molar-refractivity contribution in [2.45, 2.75) is 25.3 Å². The lowest BCUT2D eigenvalue weighted by atomic mass is 10.1. The maximum absolute atomic E-state index is 5.23. The van der Waals surface area contributed by atoms with Crippen molar-refractivity contribution in [2.24, 2.45) is 0 Å². The Labute approximate surface area is 59.9 Å². The van der Waals surface area contributed by atoms with Crippen molar-refractivity contribution in [2.75, 3.05) is 13.2 Å². The van der Waals surface area contributed by atoms with Crippen LogP contribution in [0.3, 0.4) is 0 Å². The van der Waals surface area contributed by atoms with Gasteiger partial charge in [0.2, 0.25) is 0 Å². The number of hydrogen-bond donors (Lipinski definition) is 0. The number of hydrogen-bond acceptors (Lipinski definition) is 3. The Morgan fingerprint density at radius 2 is 2.44 bits per heavy atom. The molecule has 0 N–H and O–H groups in total. The van der Waals surface area contributed by atoms with Gasteiger partial charge in [-0.2, -0.15) is 0 Å². The smallest absolute Gasteiger partial charge is 0.0823 e. The van der Waals surface area contributed by atoms with Crippen LogP contribution in [0.25, 0.3) is 0 Å². The van der Waals surface area contributed by atoms with Gasteiger partial charge < -0.3 is 0 Å². The summed E-state index contributed by atoms with van der Waals surface area (Å²) in [4.78, 5) is 0. The van der Waals surface area contributed by atoms with Crippen LogP contribution in [0.5, 0.6) is 0 Å². The minimum Gasteiger partial charge on any atom is -0.299 e. The first-order chi connectivity index (χ1) is 4.47. The van der Waals surface area contributed by atoms with E-state index in [-0.39, 0.29) is 0 Å². The zero-order valence-corrected chi connectivity index (χ0v) is 6.19. The van der Waals surface area contributed by atoms with Crippen LogP contribution in [-0.4, -0.2) is 23.5 Å². The van der Waals surface area contributed by atoms with Gasteiger partial charge in [-0.15, -0.1) is 0 Å². The highest BCUT2D eigenvalue weighted by Gasteiger charge is 2.28. The van der Waals surface area contributed by atoms with Gasteiger partial charge in [0.25, 0.3) is 0 Å². The highest BCUT2D eigenvalue weighted by Crippen LogP contribution is 2.31. The monoisotopic (exact) mass is 145 g/mol. The van der Waals surface area contributed by atoms with E-state index in [1.54, 1.807) is 12.2 Å². The molecule has 2 aliphatic heterocycles. The molecule has 0 unspecified atom stereocenters. The molecule has 2 aliphatic rings. The summed E-state index contributed by atoms with van der Waals surface area (Å²) in [6, 6.07) is 0.740. The van der Waals surface area contributed by atoms with E-state index in [0.29, 0.717) is 0 Å². The fourth-order valence-electron chi connectivity index (χ4n) is 1.42. The standard InChI is InChI=1S/C6H11NOS/c1-2-4-7-6(3-1)5-8-9-7/h6H,1-5H2/t6-/m0/s1. The Hall–Kier alpha value is 0.270. The molecule has 0 aromatic carbocycles. The van der Waals surface area contributed by atoms with Crippen molar-refractivity contribution < 1.29 is 4.18 Å². The maximum atomic E-state index is 5.23. The molecule has 0 bridgehead atoms. The van der Waals surface area contributed by atoms with Gasteiger partial charge in [0.1, 0.15) is 0 Å². The van der Waals surface area contributed by atoms with Crippen LogP contribution in [0.1, 0.15) is 19.3 Å². The lowest BCUT2D eigenvalue weighted by Crippen LogP contribution is -2.31. The van der Waals surface area contributed by atoms with Gasteiger partial charge >= 0.3 is 0 Å². The van der Waals surface area contributed by atoms with E-state index in [0.717, 1.165) is 12.6 Å². The molecular formula is C6H11NOS. The van der Waals surface area contributed by atoms with Crippen LogP contribution in [0.2, 0.25) is 0 Å². The van der Waals surface area contributed by atoms with Crippen molar-refractivity contribution in [3.05, 3.63) is 0 Å². The Morgan fingerprint density at radius 3 is 3.33 bits per heavy atom. The van der Waals surface area contributed by atoms with Crippen molar-refractivity contribution in [3.63, 3.8) is 0 Å². The van der Waals surface area contributed by atoms with Crippen LogP contribution < -0.4 is 0 Å². The third-order valence-corrected chi connectivity index (χ3v) is 2.90. The molecule has 2 saturated heterocycles. The summed E-state index contributed by atoms with van der Waals surface area (Å²) in [7, 11) is 0. The summed E-state index contributed by atoms with van der Waals surface area (Å²) in [5.41, 5.74) is 0. The predicted octanol–water partition coefficient (Wildman–Crippen LogP) is 1.43. The Balaban J connectivity index is 1.97. The molecule has 0 aliphatic carbocycles. The second-order valence-electron chi connectivity index (χ2n) is 2.65. The summed E-state index contributed by atoms with van der Waals surface area (Å²) in [5, 5.41) is 0. The third-order valence-electron chi connectivity index (χ3n) is 1.98. The molecule has 0 amide bonds. The van der Waals surface area contributed by atoms with Gasteiger partial charge in [0.05, 0.1) is 18.8 Å². The van der Waals surface area contributed by atoms with E-state index >= 15 is 0 Å². The fourth-order valence-corrected chi connectivity index (χ4v) is 2.26. The molecule has 0 radical (unpaired) electrons. The molecule has 0 saturated carbocycles. The normalized spacial score (nSPS) is 36.7. The van der Waals surface area contributed by atoms with E-state index in [1.807, 2.05) is 0 Å². The molecule has 1 atom stereocenters. The number of nitrogens with zero attached hydrogens (tertiary/aromatic N) is 1. The van der Waals surface area contributed by atoms with Gasteiger partial charge in [0, 0.05) is 12.6 Å². The molecule has 2 nitrogen and oxygen atoms in total. The van der Waals surface area contributed by atoms with Crippen molar-refractivity contribution >= 4 is 12.2 Å². The van der Waals surface area contributed by atoms with E-state index in [4.69, 9.17) is 4.18 Å². The third kappa shape index (κ3) is 1.09. The molecule has 2 fully saturated rings. The highest BCUT2D eigenvalue weighted by molar-refractivity contribution is 7.92. The topological polar surface area (TPSA) is 12.5 Å². The zero-order valence-electron chi connectivity index (χ0n) is 5.38. The van der Waals surface area contributed by atoms with Gasteiger partial charge in [-0.25, -0.2) is 4.31 Å². The number of fused-ring (bicyclic) bond motifs is 1. The fraction of sp³-hybridized carbons (Fsp3) is 1.00. The van der Waals surface area contributed by atoms with Crippen LogP contribution in [-0.2, 0) is 4.18 Å². The van der Waals surface area contributed by atoms with Gasteiger partial charge in [0.15, 0.2) is 0 Å². The first kappa shape index (κ1) is 6.01. The lowest BCUT2D eigenvalue weighted by molar-refractivity contribution is 0.257.